The number of rotatable bonds is 3. The third kappa shape index (κ3) is 2.42. The zero-order chi connectivity index (χ0) is 13.3. The normalized spacial score (nSPS) is 11.2. The van der Waals surface area contributed by atoms with Gasteiger partial charge in [0, 0.05) is 5.56 Å². The third-order valence-corrected chi connectivity index (χ3v) is 3.36. The number of aromatic nitrogens is 2. The smallest absolute Gasteiger partial charge is 0.134 e. The number of benzene rings is 1. The Kier molecular flexibility index (Phi) is 3.73. The molecule has 1 aromatic heterocycles. The third-order valence-electron chi connectivity index (χ3n) is 3.09. The number of nitrogens with two attached hydrogens (primary N) is 1. The molecule has 0 spiro atoms. The maximum absolute atomic E-state index is 6.19. The van der Waals surface area contributed by atoms with E-state index in [1.165, 1.54) is 5.56 Å². The van der Waals surface area contributed by atoms with Gasteiger partial charge in [-0.1, -0.05) is 37.6 Å². The van der Waals surface area contributed by atoms with Crippen LogP contribution >= 0.6 is 11.6 Å². The van der Waals surface area contributed by atoms with Crippen molar-refractivity contribution in [3.63, 3.8) is 0 Å². The van der Waals surface area contributed by atoms with E-state index in [2.05, 4.69) is 48.9 Å². The number of hydrogen-bond acceptors (Lipinski definition) is 2. The van der Waals surface area contributed by atoms with Crippen LogP contribution in [0.25, 0.3) is 11.3 Å². The predicted molar refractivity (Wildman–Crippen MR) is 75.8 cm³/mol. The van der Waals surface area contributed by atoms with Crippen LogP contribution in [0.1, 0.15) is 36.7 Å². The summed E-state index contributed by atoms with van der Waals surface area (Å²) in [5, 5.41) is 0.555. The van der Waals surface area contributed by atoms with Crippen molar-refractivity contribution in [1.29, 1.82) is 0 Å². The van der Waals surface area contributed by atoms with Crippen molar-refractivity contribution in [1.82, 2.24) is 9.97 Å². The van der Waals surface area contributed by atoms with Crippen molar-refractivity contribution >= 4 is 11.6 Å². The SMILES string of the molecule is Cc1ccc(C(C)C)cc1-c1nc(CN)[nH]c1Cl. The fourth-order valence-corrected chi connectivity index (χ4v) is 2.18. The van der Waals surface area contributed by atoms with E-state index in [4.69, 9.17) is 17.3 Å². The molecular weight excluding hydrogens is 246 g/mol. The minimum atomic E-state index is 0.364. The molecule has 0 amide bonds. The molecular formula is C14H18ClN3. The first-order chi connectivity index (χ1) is 8.52. The Morgan fingerprint density at radius 2 is 2.11 bits per heavy atom. The highest BCUT2D eigenvalue weighted by molar-refractivity contribution is 6.32. The maximum Gasteiger partial charge on any atom is 0.134 e. The van der Waals surface area contributed by atoms with Gasteiger partial charge in [0.2, 0.25) is 0 Å². The quantitative estimate of drug-likeness (QED) is 0.889. The topological polar surface area (TPSA) is 54.7 Å². The van der Waals surface area contributed by atoms with E-state index in [0.29, 0.717) is 23.4 Å². The Morgan fingerprint density at radius 3 is 2.67 bits per heavy atom. The zero-order valence-electron chi connectivity index (χ0n) is 10.9. The molecule has 0 aliphatic heterocycles. The van der Waals surface area contributed by atoms with E-state index in [-0.39, 0.29) is 0 Å². The van der Waals surface area contributed by atoms with E-state index < -0.39 is 0 Å². The van der Waals surface area contributed by atoms with E-state index >= 15 is 0 Å². The van der Waals surface area contributed by atoms with Gasteiger partial charge in [0.1, 0.15) is 16.7 Å². The summed E-state index contributed by atoms with van der Waals surface area (Å²) < 4.78 is 0. The second-order valence-electron chi connectivity index (χ2n) is 4.78. The summed E-state index contributed by atoms with van der Waals surface area (Å²) in [6.45, 7) is 6.77. The highest BCUT2D eigenvalue weighted by atomic mass is 35.5. The second kappa shape index (κ2) is 5.12. The molecule has 0 saturated heterocycles. The summed E-state index contributed by atoms with van der Waals surface area (Å²) in [6, 6.07) is 6.41. The van der Waals surface area contributed by atoms with Gasteiger partial charge in [0.15, 0.2) is 0 Å². The van der Waals surface area contributed by atoms with Gasteiger partial charge in [-0.2, -0.15) is 0 Å². The Morgan fingerprint density at radius 1 is 1.39 bits per heavy atom. The summed E-state index contributed by atoms with van der Waals surface area (Å²) in [5.74, 6) is 1.19. The van der Waals surface area contributed by atoms with Gasteiger partial charge >= 0.3 is 0 Å². The van der Waals surface area contributed by atoms with Crippen LogP contribution in [0.15, 0.2) is 18.2 Å². The highest BCUT2D eigenvalue weighted by Gasteiger charge is 2.13. The van der Waals surface area contributed by atoms with Crippen molar-refractivity contribution in [2.45, 2.75) is 33.2 Å². The number of hydrogen-bond donors (Lipinski definition) is 2. The van der Waals surface area contributed by atoms with Crippen LogP contribution < -0.4 is 5.73 Å². The molecule has 2 rings (SSSR count). The van der Waals surface area contributed by atoms with Gasteiger partial charge in [0.05, 0.1) is 6.54 Å². The second-order valence-corrected chi connectivity index (χ2v) is 5.16. The number of nitrogens with zero attached hydrogens (tertiary/aromatic N) is 1. The molecule has 4 heteroatoms. The van der Waals surface area contributed by atoms with E-state index in [1.54, 1.807) is 0 Å². The van der Waals surface area contributed by atoms with Crippen LogP contribution in [0.2, 0.25) is 5.15 Å². The van der Waals surface area contributed by atoms with E-state index in [9.17, 15) is 0 Å². The maximum atomic E-state index is 6.19. The first-order valence-electron chi connectivity index (χ1n) is 6.08. The summed E-state index contributed by atoms with van der Waals surface area (Å²) in [6.07, 6.45) is 0. The average Bonchev–Trinajstić information content (AvgIpc) is 2.71. The molecule has 3 N–H and O–H groups in total. The van der Waals surface area contributed by atoms with Crippen molar-refractivity contribution in [2.75, 3.05) is 0 Å². The average molecular weight is 264 g/mol. The number of imidazole rings is 1. The largest absolute Gasteiger partial charge is 0.331 e. The highest BCUT2D eigenvalue weighted by Crippen LogP contribution is 2.30. The minimum Gasteiger partial charge on any atom is -0.331 e. The van der Waals surface area contributed by atoms with Gasteiger partial charge in [-0.15, -0.1) is 0 Å². The number of nitrogens with one attached hydrogen (secondary N) is 1. The van der Waals surface area contributed by atoms with Crippen LogP contribution in [0.4, 0.5) is 0 Å². The summed E-state index contributed by atoms with van der Waals surface area (Å²) >= 11 is 6.19. The summed E-state index contributed by atoms with van der Waals surface area (Å²) in [5.41, 5.74) is 9.88. The number of aromatic amines is 1. The van der Waals surface area contributed by atoms with Crippen LogP contribution in [-0.4, -0.2) is 9.97 Å². The van der Waals surface area contributed by atoms with Crippen molar-refractivity contribution < 1.29 is 0 Å². The molecule has 0 unspecified atom stereocenters. The van der Waals surface area contributed by atoms with Gasteiger partial charge in [0.25, 0.3) is 0 Å². The first kappa shape index (κ1) is 13.1. The first-order valence-corrected chi connectivity index (χ1v) is 6.46. The molecule has 1 aromatic carbocycles. The zero-order valence-corrected chi connectivity index (χ0v) is 11.7. The Bertz CT molecular complexity index is 558. The lowest BCUT2D eigenvalue weighted by molar-refractivity contribution is 0.866. The molecule has 0 fully saturated rings. The van der Waals surface area contributed by atoms with E-state index in [1.807, 2.05) is 0 Å². The molecule has 3 nitrogen and oxygen atoms in total. The van der Waals surface area contributed by atoms with Gasteiger partial charge < -0.3 is 10.7 Å². The van der Waals surface area contributed by atoms with E-state index in [0.717, 1.165) is 16.8 Å². The Hall–Kier alpha value is -1.32. The fraction of sp³-hybridized carbons (Fsp3) is 0.357. The lowest BCUT2D eigenvalue weighted by atomic mass is 9.96. The Labute approximate surface area is 112 Å². The molecule has 1 heterocycles. The number of halogens is 1. The Balaban J connectivity index is 2.54. The molecule has 0 bridgehead atoms. The lowest BCUT2D eigenvalue weighted by Gasteiger charge is -2.10. The predicted octanol–water partition coefficient (Wildman–Crippen LogP) is 3.62. The van der Waals surface area contributed by atoms with Crippen LogP contribution in [0.3, 0.4) is 0 Å². The fourth-order valence-electron chi connectivity index (χ4n) is 1.93. The molecule has 0 aliphatic carbocycles. The monoisotopic (exact) mass is 263 g/mol. The van der Waals surface area contributed by atoms with Crippen LogP contribution in [0.5, 0.6) is 0 Å². The van der Waals surface area contributed by atoms with Crippen molar-refractivity contribution in [3.05, 3.63) is 40.3 Å². The molecule has 2 aromatic rings. The summed E-state index contributed by atoms with van der Waals surface area (Å²) in [4.78, 5) is 7.45. The van der Waals surface area contributed by atoms with Crippen LogP contribution in [0, 0.1) is 6.92 Å². The number of H-pyrrole nitrogens is 1. The molecule has 0 radical (unpaired) electrons. The molecule has 18 heavy (non-hydrogen) atoms. The van der Waals surface area contributed by atoms with Crippen molar-refractivity contribution in [3.8, 4) is 11.3 Å². The van der Waals surface area contributed by atoms with Gasteiger partial charge in [-0.05, 0) is 30.0 Å². The molecule has 96 valence electrons. The number of aryl methyl sites for hydroxylation is 1. The van der Waals surface area contributed by atoms with Crippen LogP contribution in [-0.2, 0) is 6.54 Å². The van der Waals surface area contributed by atoms with Crippen molar-refractivity contribution in [2.24, 2.45) is 5.73 Å². The molecule has 0 saturated carbocycles. The lowest BCUT2D eigenvalue weighted by Crippen LogP contribution is -1.98. The van der Waals surface area contributed by atoms with Gasteiger partial charge in [-0.3, -0.25) is 0 Å². The standard InChI is InChI=1S/C14H18ClN3/c1-8(2)10-5-4-9(3)11(6-10)13-14(15)18-12(7-16)17-13/h4-6,8H,7,16H2,1-3H3,(H,17,18). The minimum absolute atomic E-state index is 0.364. The van der Waals surface area contributed by atoms with Gasteiger partial charge in [-0.25, -0.2) is 4.98 Å². The molecule has 0 aliphatic rings. The summed E-state index contributed by atoms with van der Waals surface area (Å²) in [7, 11) is 0. The molecule has 0 atom stereocenters.